The maximum absolute atomic E-state index is 2.35. The molecule has 0 unspecified atom stereocenters. The zero-order chi connectivity index (χ0) is 18.8. The lowest BCUT2D eigenvalue weighted by Gasteiger charge is -2.17. The van der Waals surface area contributed by atoms with Crippen LogP contribution in [0.25, 0.3) is 33.6 Å². The maximum atomic E-state index is 2.35. The number of nitrogens with zero attached hydrogens (tertiary/aromatic N) is 1. The van der Waals surface area contributed by atoms with E-state index in [2.05, 4.69) is 116 Å². The van der Waals surface area contributed by atoms with Gasteiger partial charge in [0.05, 0.1) is 0 Å². The Balaban J connectivity index is 2.12. The van der Waals surface area contributed by atoms with E-state index in [1.807, 2.05) is 0 Å². The molecular weight excluding hydrogens is 326 g/mol. The largest absolute Gasteiger partial charge is 0.216 e. The monoisotopic (exact) mass is 350 g/mol. The van der Waals surface area contributed by atoms with Crippen LogP contribution in [-0.2, 0) is 7.05 Å². The molecule has 1 nitrogen and oxygen atoms in total. The molecule has 1 heterocycles. The smallest absolute Gasteiger partial charge is 0.194 e. The van der Waals surface area contributed by atoms with Gasteiger partial charge in [-0.05, 0) is 43.7 Å². The highest BCUT2D eigenvalue weighted by atomic mass is 15.0. The van der Waals surface area contributed by atoms with Gasteiger partial charge in [0.2, 0.25) is 11.4 Å². The van der Waals surface area contributed by atoms with E-state index in [0.29, 0.717) is 0 Å². The van der Waals surface area contributed by atoms with Crippen LogP contribution in [0.15, 0.2) is 91.0 Å². The highest BCUT2D eigenvalue weighted by Crippen LogP contribution is 2.36. The Morgan fingerprint density at radius 3 is 1.19 bits per heavy atom. The Morgan fingerprint density at radius 1 is 0.481 bits per heavy atom. The molecule has 1 aromatic heterocycles. The summed E-state index contributed by atoms with van der Waals surface area (Å²) in [6, 6.07) is 32.1. The summed E-state index contributed by atoms with van der Waals surface area (Å²) in [6.45, 7) is 4.48. The SMILES string of the molecule is Cc1c(-c2ccccc2)c(C)c(-c2ccccc2)[n+](C)c1-c1ccccc1. The van der Waals surface area contributed by atoms with E-state index in [1.165, 1.54) is 44.8 Å². The first-order valence-electron chi connectivity index (χ1n) is 9.38. The van der Waals surface area contributed by atoms with Gasteiger partial charge in [-0.3, -0.25) is 0 Å². The molecule has 0 amide bonds. The van der Waals surface area contributed by atoms with E-state index in [1.54, 1.807) is 0 Å². The van der Waals surface area contributed by atoms with Gasteiger partial charge in [-0.25, -0.2) is 0 Å². The van der Waals surface area contributed by atoms with Gasteiger partial charge in [0.1, 0.15) is 7.05 Å². The van der Waals surface area contributed by atoms with E-state index in [9.17, 15) is 0 Å². The third kappa shape index (κ3) is 3.06. The predicted octanol–water partition coefficient (Wildman–Crippen LogP) is 6.13. The van der Waals surface area contributed by atoms with E-state index < -0.39 is 0 Å². The lowest BCUT2D eigenvalue weighted by molar-refractivity contribution is -0.649. The molecule has 0 bridgehead atoms. The fourth-order valence-electron chi connectivity index (χ4n) is 4.18. The minimum atomic E-state index is 1.24. The van der Waals surface area contributed by atoms with Crippen molar-refractivity contribution >= 4 is 0 Å². The fourth-order valence-corrected chi connectivity index (χ4v) is 4.18. The average molecular weight is 350 g/mol. The summed E-state index contributed by atoms with van der Waals surface area (Å²) >= 11 is 0. The Hall–Kier alpha value is -3.19. The minimum Gasteiger partial charge on any atom is -0.194 e. The third-order valence-electron chi connectivity index (χ3n) is 5.29. The Kier molecular flexibility index (Phi) is 4.60. The standard InChI is InChI=1S/C26H24N/c1-19-24(21-13-7-4-8-14-21)20(2)26(23-17-11-6-12-18-23)27(3)25(19)22-15-9-5-10-16-22/h4-18H,1-3H3/q+1. The van der Waals surface area contributed by atoms with Crippen molar-refractivity contribution in [2.75, 3.05) is 0 Å². The topological polar surface area (TPSA) is 3.88 Å². The fraction of sp³-hybridized carbons (Fsp3) is 0.115. The molecule has 0 aliphatic rings. The first-order valence-corrected chi connectivity index (χ1v) is 9.38. The summed E-state index contributed by atoms with van der Waals surface area (Å²) in [7, 11) is 2.18. The van der Waals surface area contributed by atoms with E-state index in [4.69, 9.17) is 0 Å². The summed E-state index contributed by atoms with van der Waals surface area (Å²) in [5.41, 5.74) is 10.2. The Bertz CT molecular complexity index is 903. The van der Waals surface area contributed by atoms with Crippen molar-refractivity contribution in [2.45, 2.75) is 13.8 Å². The van der Waals surface area contributed by atoms with Gasteiger partial charge in [0, 0.05) is 27.8 Å². The van der Waals surface area contributed by atoms with Crippen LogP contribution in [0.2, 0.25) is 0 Å². The molecule has 0 N–H and O–H groups in total. The number of pyridine rings is 1. The minimum absolute atomic E-state index is 1.24. The summed E-state index contributed by atoms with van der Waals surface area (Å²) in [4.78, 5) is 0. The van der Waals surface area contributed by atoms with Crippen molar-refractivity contribution < 1.29 is 4.57 Å². The van der Waals surface area contributed by atoms with Gasteiger partial charge in [-0.15, -0.1) is 0 Å². The number of benzene rings is 3. The summed E-state index contributed by atoms with van der Waals surface area (Å²) in [6.07, 6.45) is 0. The quantitative estimate of drug-likeness (QED) is 0.391. The highest BCUT2D eigenvalue weighted by molar-refractivity contribution is 5.81. The number of aromatic nitrogens is 1. The molecule has 27 heavy (non-hydrogen) atoms. The van der Waals surface area contributed by atoms with Crippen molar-refractivity contribution in [3.8, 4) is 33.6 Å². The number of hydrogen-bond donors (Lipinski definition) is 0. The third-order valence-corrected chi connectivity index (χ3v) is 5.29. The number of hydrogen-bond acceptors (Lipinski definition) is 0. The molecule has 4 rings (SSSR count). The zero-order valence-corrected chi connectivity index (χ0v) is 16.1. The first-order chi connectivity index (χ1) is 13.2. The van der Waals surface area contributed by atoms with E-state index in [-0.39, 0.29) is 0 Å². The van der Waals surface area contributed by atoms with Crippen molar-refractivity contribution in [1.29, 1.82) is 0 Å². The van der Waals surface area contributed by atoms with Crippen molar-refractivity contribution in [2.24, 2.45) is 7.05 Å². The van der Waals surface area contributed by atoms with Gasteiger partial charge >= 0.3 is 0 Å². The van der Waals surface area contributed by atoms with Crippen molar-refractivity contribution in [3.63, 3.8) is 0 Å². The molecule has 0 atom stereocenters. The van der Waals surface area contributed by atoms with Crippen LogP contribution in [0.5, 0.6) is 0 Å². The molecule has 0 saturated carbocycles. The van der Waals surface area contributed by atoms with Gasteiger partial charge in [-0.2, -0.15) is 4.57 Å². The first kappa shape index (κ1) is 17.2. The molecule has 1 heteroatoms. The maximum Gasteiger partial charge on any atom is 0.216 e. The molecule has 3 aromatic carbocycles. The summed E-state index contributed by atoms with van der Waals surface area (Å²) in [5.74, 6) is 0. The van der Waals surface area contributed by atoms with Crippen LogP contribution in [0.4, 0.5) is 0 Å². The molecule has 0 aliphatic heterocycles. The molecule has 0 fully saturated rings. The van der Waals surface area contributed by atoms with Crippen LogP contribution in [0.1, 0.15) is 11.1 Å². The van der Waals surface area contributed by atoms with Crippen LogP contribution in [0.3, 0.4) is 0 Å². The van der Waals surface area contributed by atoms with Gasteiger partial charge in [0.15, 0.2) is 0 Å². The molecular formula is C26H24N+. The molecule has 0 aliphatic carbocycles. The van der Waals surface area contributed by atoms with Crippen LogP contribution in [0, 0.1) is 13.8 Å². The normalized spacial score (nSPS) is 10.8. The second-order valence-electron chi connectivity index (χ2n) is 6.98. The molecule has 0 radical (unpaired) electrons. The predicted molar refractivity (Wildman–Crippen MR) is 113 cm³/mol. The Morgan fingerprint density at radius 2 is 0.815 bits per heavy atom. The molecule has 132 valence electrons. The number of rotatable bonds is 3. The zero-order valence-electron chi connectivity index (χ0n) is 16.1. The van der Waals surface area contributed by atoms with E-state index in [0.717, 1.165) is 0 Å². The van der Waals surface area contributed by atoms with Gasteiger partial charge in [-0.1, -0.05) is 66.7 Å². The van der Waals surface area contributed by atoms with Crippen LogP contribution in [-0.4, -0.2) is 0 Å². The summed E-state index contributed by atoms with van der Waals surface area (Å²) < 4.78 is 2.35. The lowest BCUT2D eigenvalue weighted by Crippen LogP contribution is -2.36. The van der Waals surface area contributed by atoms with Crippen molar-refractivity contribution in [1.82, 2.24) is 0 Å². The Labute approximate surface area is 161 Å². The van der Waals surface area contributed by atoms with Crippen LogP contribution >= 0.6 is 0 Å². The molecule has 4 aromatic rings. The highest BCUT2D eigenvalue weighted by Gasteiger charge is 2.26. The van der Waals surface area contributed by atoms with Gasteiger partial charge < -0.3 is 0 Å². The van der Waals surface area contributed by atoms with E-state index >= 15 is 0 Å². The van der Waals surface area contributed by atoms with Crippen molar-refractivity contribution in [3.05, 3.63) is 102 Å². The van der Waals surface area contributed by atoms with Gasteiger partial charge in [0.25, 0.3) is 0 Å². The average Bonchev–Trinajstić information content (AvgIpc) is 2.70. The second-order valence-corrected chi connectivity index (χ2v) is 6.98. The summed E-state index contributed by atoms with van der Waals surface area (Å²) in [5, 5.41) is 0. The second kappa shape index (κ2) is 7.20. The molecule has 0 saturated heterocycles. The molecule has 0 spiro atoms. The van der Waals surface area contributed by atoms with Crippen LogP contribution < -0.4 is 4.57 Å². The lowest BCUT2D eigenvalue weighted by atomic mass is 9.89.